The maximum atomic E-state index is 14.3. The molecule has 1 aliphatic heterocycles. The van der Waals surface area contributed by atoms with Crippen molar-refractivity contribution in [3.05, 3.63) is 29.8 Å². The van der Waals surface area contributed by atoms with Crippen LogP contribution < -0.4 is 5.32 Å². The highest BCUT2D eigenvalue weighted by atomic mass is 19.1. The summed E-state index contributed by atoms with van der Waals surface area (Å²) in [7, 11) is 0. The van der Waals surface area contributed by atoms with Gasteiger partial charge in [-0.1, -0.05) is 18.2 Å². The molecule has 1 aromatic rings. The molecule has 3 heteroatoms. The van der Waals surface area contributed by atoms with Crippen LogP contribution in [-0.2, 0) is 5.67 Å². The summed E-state index contributed by atoms with van der Waals surface area (Å²) in [4.78, 5) is 0. The van der Waals surface area contributed by atoms with Crippen molar-refractivity contribution in [3.8, 4) is 5.75 Å². The van der Waals surface area contributed by atoms with Gasteiger partial charge in [0.25, 0.3) is 0 Å². The van der Waals surface area contributed by atoms with Crippen molar-refractivity contribution in [3.63, 3.8) is 0 Å². The second-order valence-corrected chi connectivity index (χ2v) is 3.89. The highest BCUT2D eigenvalue weighted by Crippen LogP contribution is 2.38. The van der Waals surface area contributed by atoms with Crippen molar-refractivity contribution in [2.75, 3.05) is 6.54 Å². The van der Waals surface area contributed by atoms with Crippen LogP contribution in [0, 0.1) is 0 Å². The van der Waals surface area contributed by atoms with Gasteiger partial charge in [0.1, 0.15) is 5.75 Å². The van der Waals surface area contributed by atoms with E-state index < -0.39 is 5.67 Å². The third-order valence-corrected chi connectivity index (χ3v) is 2.91. The molecule has 0 radical (unpaired) electrons. The minimum Gasteiger partial charge on any atom is -0.508 e. The van der Waals surface area contributed by atoms with Gasteiger partial charge in [-0.2, -0.15) is 0 Å². The van der Waals surface area contributed by atoms with Crippen molar-refractivity contribution in [1.29, 1.82) is 0 Å². The van der Waals surface area contributed by atoms with E-state index in [1.54, 1.807) is 18.2 Å². The SMILES string of the molecule is CC(F)(c1ccccc1O)C1CCN1. The van der Waals surface area contributed by atoms with Gasteiger partial charge in [-0.15, -0.1) is 0 Å². The van der Waals surface area contributed by atoms with Gasteiger partial charge >= 0.3 is 0 Å². The Balaban J connectivity index is 2.32. The number of rotatable bonds is 2. The number of benzene rings is 1. The van der Waals surface area contributed by atoms with E-state index in [0.717, 1.165) is 13.0 Å². The Morgan fingerprint density at radius 2 is 2.14 bits per heavy atom. The molecule has 1 aromatic carbocycles. The van der Waals surface area contributed by atoms with Gasteiger partial charge in [-0.25, -0.2) is 4.39 Å². The summed E-state index contributed by atoms with van der Waals surface area (Å²) in [5, 5.41) is 12.6. The second kappa shape index (κ2) is 3.24. The lowest BCUT2D eigenvalue weighted by Gasteiger charge is -2.38. The van der Waals surface area contributed by atoms with Crippen LogP contribution in [0.15, 0.2) is 24.3 Å². The minimum absolute atomic E-state index is 0.0335. The van der Waals surface area contributed by atoms with Crippen LogP contribution in [-0.4, -0.2) is 17.7 Å². The van der Waals surface area contributed by atoms with Crippen LogP contribution >= 0.6 is 0 Å². The van der Waals surface area contributed by atoms with E-state index in [1.807, 2.05) is 0 Å². The maximum Gasteiger partial charge on any atom is 0.152 e. The van der Waals surface area contributed by atoms with Crippen molar-refractivity contribution >= 4 is 0 Å². The highest BCUT2D eigenvalue weighted by Gasteiger charge is 2.40. The number of para-hydroxylation sites is 1. The molecule has 2 atom stereocenters. The van der Waals surface area contributed by atoms with Crippen LogP contribution in [0.4, 0.5) is 4.39 Å². The third-order valence-electron chi connectivity index (χ3n) is 2.91. The van der Waals surface area contributed by atoms with Crippen LogP contribution in [0.5, 0.6) is 5.75 Å². The molecule has 2 N–H and O–H groups in total. The largest absolute Gasteiger partial charge is 0.508 e. The molecule has 2 rings (SSSR count). The van der Waals surface area contributed by atoms with Crippen molar-refractivity contribution < 1.29 is 9.50 Å². The molecular formula is C11H14FNO. The smallest absolute Gasteiger partial charge is 0.152 e. The quantitative estimate of drug-likeness (QED) is 0.755. The van der Waals surface area contributed by atoms with Gasteiger partial charge < -0.3 is 10.4 Å². The lowest BCUT2D eigenvalue weighted by molar-refractivity contribution is 0.0831. The number of halogens is 1. The Hall–Kier alpha value is -1.09. The molecule has 0 bridgehead atoms. The molecule has 1 aliphatic rings. The van der Waals surface area contributed by atoms with Crippen LogP contribution in [0.25, 0.3) is 0 Å². The zero-order valence-corrected chi connectivity index (χ0v) is 8.13. The number of phenolic OH excluding ortho intramolecular Hbond substituents is 1. The van der Waals surface area contributed by atoms with Crippen molar-refractivity contribution in [2.24, 2.45) is 0 Å². The van der Waals surface area contributed by atoms with Crippen LogP contribution in [0.1, 0.15) is 18.9 Å². The van der Waals surface area contributed by atoms with Gasteiger partial charge in [0.05, 0.1) is 0 Å². The van der Waals surface area contributed by atoms with E-state index in [1.165, 1.54) is 13.0 Å². The highest BCUT2D eigenvalue weighted by molar-refractivity contribution is 5.37. The second-order valence-electron chi connectivity index (χ2n) is 3.89. The summed E-state index contributed by atoms with van der Waals surface area (Å²) in [6.45, 7) is 2.37. The van der Waals surface area contributed by atoms with Gasteiger partial charge in [-0.3, -0.25) is 0 Å². The minimum atomic E-state index is -1.48. The summed E-state index contributed by atoms with van der Waals surface area (Å²) in [6.07, 6.45) is 0.821. The Bertz CT molecular complexity index is 334. The molecule has 14 heavy (non-hydrogen) atoms. The van der Waals surface area contributed by atoms with Gasteiger partial charge in [0.15, 0.2) is 5.67 Å². The molecular weight excluding hydrogens is 181 g/mol. The van der Waals surface area contributed by atoms with E-state index in [0.29, 0.717) is 5.56 Å². The first-order valence-corrected chi connectivity index (χ1v) is 4.83. The maximum absolute atomic E-state index is 14.3. The normalized spacial score (nSPS) is 25.1. The molecule has 0 saturated carbocycles. The first kappa shape index (κ1) is 9.46. The van der Waals surface area contributed by atoms with Gasteiger partial charge in [0.2, 0.25) is 0 Å². The number of aromatic hydroxyl groups is 1. The van der Waals surface area contributed by atoms with E-state index in [-0.39, 0.29) is 11.8 Å². The lowest BCUT2D eigenvalue weighted by Crippen LogP contribution is -2.53. The Kier molecular flexibility index (Phi) is 2.19. The molecule has 0 aromatic heterocycles. The number of nitrogens with one attached hydrogen (secondary N) is 1. The molecule has 0 spiro atoms. The molecule has 2 unspecified atom stereocenters. The average molecular weight is 195 g/mol. The summed E-state index contributed by atoms with van der Waals surface area (Å²) >= 11 is 0. The topological polar surface area (TPSA) is 32.3 Å². The molecule has 0 aliphatic carbocycles. The van der Waals surface area contributed by atoms with Gasteiger partial charge in [-0.05, 0) is 26.0 Å². The van der Waals surface area contributed by atoms with Crippen molar-refractivity contribution in [1.82, 2.24) is 5.32 Å². The zero-order chi connectivity index (χ0) is 10.2. The number of phenols is 1. The van der Waals surface area contributed by atoms with Gasteiger partial charge in [0, 0.05) is 11.6 Å². The summed E-state index contributed by atoms with van der Waals surface area (Å²) in [5.74, 6) is 0.0335. The van der Waals surface area contributed by atoms with Crippen LogP contribution in [0.3, 0.4) is 0 Å². The predicted molar refractivity (Wildman–Crippen MR) is 53.0 cm³/mol. The zero-order valence-electron chi connectivity index (χ0n) is 8.13. The summed E-state index contributed by atoms with van der Waals surface area (Å²) in [5.41, 5.74) is -1.11. The fourth-order valence-electron chi connectivity index (χ4n) is 1.83. The number of hydrogen-bond acceptors (Lipinski definition) is 2. The first-order chi connectivity index (χ1) is 6.62. The van der Waals surface area contributed by atoms with E-state index in [2.05, 4.69) is 5.32 Å². The lowest BCUT2D eigenvalue weighted by atomic mass is 9.84. The number of hydrogen-bond donors (Lipinski definition) is 2. The predicted octanol–water partition coefficient (Wildman–Crippen LogP) is 1.94. The van der Waals surface area contributed by atoms with Crippen molar-refractivity contribution in [2.45, 2.75) is 25.1 Å². The molecule has 1 saturated heterocycles. The average Bonchev–Trinajstić information content (AvgIpc) is 2.00. The Morgan fingerprint density at radius 3 is 2.64 bits per heavy atom. The summed E-state index contributed by atoms with van der Waals surface area (Å²) in [6, 6.07) is 6.42. The Labute approximate surface area is 82.8 Å². The van der Waals surface area contributed by atoms with E-state index >= 15 is 0 Å². The Morgan fingerprint density at radius 1 is 1.50 bits per heavy atom. The molecule has 1 fully saturated rings. The monoisotopic (exact) mass is 195 g/mol. The number of alkyl halides is 1. The molecule has 0 amide bonds. The third kappa shape index (κ3) is 1.38. The molecule has 2 nitrogen and oxygen atoms in total. The summed E-state index contributed by atoms with van der Waals surface area (Å²) < 4.78 is 14.3. The molecule has 1 heterocycles. The van der Waals surface area contributed by atoms with E-state index in [4.69, 9.17) is 0 Å². The molecule has 76 valence electrons. The standard InChI is InChI=1S/C11H14FNO/c1-11(12,10-6-7-13-10)8-4-2-3-5-9(8)14/h2-5,10,13-14H,6-7H2,1H3. The fourth-order valence-corrected chi connectivity index (χ4v) is 1.83. The van der Waals surface area contributed by atoms with E-state index in [9.17, 15) is 9.50 Å². The van der Waals surface area contributed by atoms with Crippen LogP contribution in [0.2, 0.25) is 0 Å². The first-order valence-electron chi connectivity index (χ1n) is 4.83. The fraction of sp³-hybridized carbons (Fsp3) is 0.455.